The smallest absolute Gasteiger partial charge is 0.231 e. The number of hydrogen-bond acceptors (Lipinski definition) is 4. The molecule has 0 amide bonds. The molecule has 1 saturated heterocycles. The fourth-order valence-corrected chi connectivity index (χ4v) is 2.71. The Labute approximate surface area is 114 Å². The van der Waals surface area contributed by atoms with Gasteiger partial charge >= 0.3 is 0 Å². The molecule has 0 radical (unpaired) electrons. The van der Waals surface area contributed by atoms with Gasteiger partial charge in [0.2, 0.25) is 6.79 Å². The van der Waals surface area contributed by atoms with Gasteiger partial charge in [0.25, 0.3) is 0 Å². The SMILES string of the molecule is CN1CCCN(CCc2ccc3c(c2)OCO3)CC1. The lowest BCUT2D eigenvalue weighted by Gasteiger charge is -2.19. The summed E-state index contributed by atoms with van der Waals surface area (Å²) in [5.41, 5.74) is 1.34. The molecule has 0 bridgehead atoms. The second kappa shape index (κ2) is 5.80. The third-order valence-corrected chi connectivity index (χ3v) is 3.97. The Bertz CT molecular complexity index is 436. The monoisotopic (exact) mass is 262 g/mol. The van der Waals surface area contributed by atoms with Crippen molar-refractivity contribution in [2.24, 2.45) is 0 Å². The van der Waals surface area contributed by atoms with Crippen LogP contribution in [0.2, 0.25) is 0 Å². The average Bonchev–Trinajstić information content (AvgIpc) is 2.79. The van der Waals surface area contributed by atoms with Crippen molar-refractivity contribution in [1.29, 1.82) is 0 Å². The lowest BCUT2D eigenvalue weighted by Crippen LogP contribution is -2.30. The van der Waals surface area contributed by atoms with Gasteiger partial charge in [0.15, 0.2) is 11.5 Å². The van der Waals surface area contributed by atoms with Crippen LogP contribution < -0.4 is 9.47 Å². The first kappa shape index (κ1) is 12.8. The van der Waals surface area contributed by atoms with Crippen molar-refractivity contribution in [2.45, 2.75) is 12.8 Å². The number of rotatable bonds is 3. The zero-order chi connectivity index (χ0) is 13.1. The highest BCUT2D eigenvalue weighted by Gasteiger charge is 2.15. The maximum Gasteiger partial charge on any atom is 0.231 e. The van der Waals surface area contributed by atoms with E-state index in [-0.39, 0.29) is 0 Å². The molecule has 0 aliphatic carbocycles. The van der Waals surface area contributed by atoms with Gasteiger partial charge in [-0.15, -0.1) is 0 Å². The molecule has 2 aliphatic heterocycles. The van der Waals surface area contributed by atoms with Crippen LogP contribution in [-0.2, 0) is 6.42 Å². The maximum absolute atomic E-state index is 5.42. The topological polar surface area (TPSA) is 24.9 Å². The first-order chi connectivity index (χ1) is 9.31. The highest BCUT2D eigenvalue weighted by atomic mass is 16.7. The summed E-state index contributed by atoms with van der Waals surface area (Å²) in [6, 6.07) is 6.29. The number of benzene rings is 1. The van der Waals surface area contributed by atoms with E-state index in [1.165, 1.54) is 38.2 Å². The van der Waals surface area contributed by atoms with Crippen LogP contribution in [0, 0.1) is 0 Å². The van der Waals surface area contributed by atoms with Crippen molar-refractivity contribution in [3.05, 3.63) is 23.8 Å². The van der Waals surface area contributed by atoms with Crippen molar-refractivity contribution < 1.29 is 9.47 Å². The van der Waals surface area contributed by atoms with Crippen molar-refractivity contribution in [3.8, 4) is 11.5 Å². The summed E-state index contributed by atoms with van der Waals surface area (Å²) in [6.07, 6.45) is 2.36. The lowest BCUT2D eigenvalue weighted by molar-refractivity contribution is 0.174. The first-order valence-electron chi connectivity index (χ1n) is 7.11. The Morgan fingerprint density at radius 2 is 1.95 bits per heavy atom. The van der Waals surface area contributed by atoms with E-state index in [0.29, 0.717) is 6.79 Å². The van der Waals surface area contributed by atoms with E-state index in [1.807, 2.05) is 6.07 Å². The molecule has 1 aromatic rings. The predicted octanol–water partition coefficient (Wildman–Crippen LogP) is 1.60. The third kappa shape index (κ3) is 3.19. The largest absolute Gasteiger partial charge is 0.454 e. The molecule has 4 heteroatoms. The Kier molecular flexibility index (Phi) is 3.89. The zero-order valence-corrected chi connectivity index (χ0v) is 11.6. The van der Waals surface area contributed by atoms with E-state index >= 15 is 0 Å². The lowest BCUT2D eigenvalue weighted by atomic mass is 10.1. The van der Waals surface area contributed by atoms with Gasteiger partial charge in [-0.2, -0.15) is 0 Å². The Hall–Kier alpha value is -1.26. The second-order valence-corrected chi connectivity index (χ2v) is 5.44. The van der Waals surface area contributed by atoms with Gasteiger partial charge in [-0.3, -0.25) is 0 Å². The molecule has 3 rings (SSSR count). The molecule has 0 spiro atoms. The molecule has 0 saturated carbocycles. The molecule has 19 heavy (non-hydrogen) atoms. The van der Waals surface area contributed by atoms with E-state index in [1.54, 1.807) is 0 Å². The molecule has 0 N–H and O–H groups in total. The molecule has 0 aromatic heterocycles. The molecule has 2 aliphatic rings. The maximum atomic E-state index is 5.42. The second-order valence-electron chi connectivity index (χ2n) is 5.44. The summed E-state index contributed by atoms with van der Waals surface area (Å²) < 4.78 is 10.8. The van der Waals surface area contributed by atoms with Crippen LogP contribution in [0.1, 0.15) is 12.0 Å². The number of likely N-dealkylation sites (N-methyl/N-ethyl adjacent to an activating group) is 1. The Morgan fingerprint density at radius 1 is 1.05 bits per heavy atom. The minimum Gasteiger partial charge on any atom is -0.454 e. The average molecular weight is 262 g/mol. The van der Waals surface area contributed by atoms with Crippen molar-refractivity contribution in [1.82, 2.24) is 9.80 Å². The van der Waals surface area contributed by atoms with Crippen molar-refractivity contribution in [2.75, 3.05) is 46.6 Å². The van der Waals surface area contributed by atoms with Gasteiger partial charge in [-0.05, 0) is 50.7 Å². The van der Waals surface area contributed by atoms with E-state index in [9.17, 15) is 0 Å². The van der Waals surface area contributed by atoms with E-state index in [4.69, 9.17) is 9.47 Å². The van der Waals surface area contributed by atoms with Crippen LogP contribution in [0.5, 0.6) is 11.5 Å². The summed E-state index contributed by atoms with van der Waals surface area (Å²) in [5, 5.41) is 0. The molecule has 1 aromatic carbocycles. The van der Waals surface area contributed by atoms with Gasteiger partial charge in [-0.1, -0.05) is 6.07 Å². The van der Waals surface area contributed by atoms with Gasteiger partial charge < -0.3 is 19.3 Å². The summed E-state index contributed by atoms with van der Waals surface area (Å²) in [5.74, 6) is 1.77. The highest BCUT2D eigenvalue weighted by molar-refractivity contribution is 5.44. The Morgan fingerprint density at radius 3 is 2.89 bits per heavy atom. The van der Waals surface area contributed by atoms with Crippen LogP contribution in [0.15, 0.2) is 18.2 Å². The van der Waals surface area contributed by atoms with Crippen molar-refractivity contribution in [3.63, 3.8) is 0 Å². The summed E-state index contributed by atoms with van der Waals surface area (Å²) >= 11 is 0. The molecule has 0 unspecified atom stereocenters. The fourth-order valence-electron chi connectivity index (χ4n) is 2.71. The van der Waals surface area contributed by atoms with Crippen LogP contribution in [0.25, 0.3) is 0 Å². The van der Waals surface area contributed by atoms with Crippen LogP contribution >= 0.6 is 0 Å². The van der Waals surface area contributed by atoms with E-state index < -0.39 is 0 Å². The number of ether oxygens (including phenoxy) is 2. The van der Waals surface area contributed by atoms with Crippen LogP contribution in [-0.4, -0.2) is 56.4 Å². The minimum atomic E-state index is 0.358. The quantitative estimate of drug-likeness (QED) is 0.826. The molecule has 4 nitrogen and oxygen atoms in total. The molecule has 2 heterocycles. The van der Waals surface area contributed by atoms with Crippen molar-refractivity contribution >= 4 is 0 Å². The zero-order valence-electron chi connectivity index (χ0n) is 11.6. The summed E-state index contributed by atoms with van der Waals surface area (Å²) in [6.45, 7) is 6.29. The van der Waals surface area contributed by atoms with Crippen LogP contribution in [0.4, 0.5) is 0 Å². The summed E-state index contributed by atoms with van der Waals surface area (Å²) in [7, 11) is 2.21. The van der Waals surface area contributed by atoms with Gasteiger partial charge in [0.1, 0.15) is 0 Å². The van der Waals surface area contributed by atoms with E-state index in [2.05, 4.69) is 29.0 Å². The van der Waals surface area contributed by atoms with Crippen LogP contribution in [0.3, 0.4) is 0 Å². The van der Waals surface area contributed by atoms with E-state index in [0.717, 1.165) is 24.5 Å². The Balaban J connectivity index is 1.54. The van der Waals surface area contributed by atoms with Gasteiger partial charge in [-0.25, -0.2) is 0 Å². The molecule has 104 valence electrons. The number of nitrogens with zero attached hydrogens (tertiary/aromatic N) is 2. The molecule has 0 atom stereocenters. The van der Waals surface area contributed by atoms with Gasteiger partial charge in [0, 0.05) is 19.6 Å². The minimum absolute atomic E-state index is 0.358. The molecule has 1 fully saturated rings. The predicted molar refractivity (Wildman–Crippen MR) is 74.8 cm³/mol. The highest BCUT2D eigenvalue weighted by Crippen LogP contribution is 2.32. The normalized spacial score (nSPS) is 20.5. The third-order valence-electron chi connectivity index (χ3n) is 3.97. The fraction of sp³-hybridized carbons (Fsp3) is 0.600. The number of hydrogen-bond donors (Lipinski definition) is 0. The molecular weight excluding hydrogens is 240 g/mol. The first-order valence-corrected chi connectivity index (χ1v) is 7.11. The molecular formula is C15H22N2O2. The standard InChI is InChI=1S/C15H22N2O2/c1-16-6-2-7-17(10-9-16)8-5-13-3-4-14-15(11-13)19-12-18-14/h3-4,11H,2,5-10,12H2,1H3. The summed E-state index contributed by atoms with van der Waals surface area (Å²) in [4.78, 5) is 4.98. The number of fused-ring (bicyclic) bond motifs is 1. The van der Waals surface area contributed by atoms with Gasteiger partial charge in [0.05, 0.1) is 0 Å².